The molecule has 1 aliphatic rings. The number of aliphatic hydroxyl groups excluding tert-OH is 1. The first-order chi connectivity index (χ1) is 9.15. The number of ether oxygens (including phenoxy) is 1. The van der Waals surface area contributed by atoms with Gasteiger partial charge in [0.2, 0.25) is 0 Å². The zero-order chi connectivity index (χ0) is 13.8. The molecule has 0 aliphatic carbocycles. The Bertz CT molecular complexity index is 481. The van der Waals surface area contributed by atoms with Crippen LogP contribution in [0.3, 0.4) is 0 Å². The summed E-state index contributed by atoms with van der Waals surface area (Å²) in [5, 5.41) is 20.8. The molecule has 0 aromatic heterocycles. The molecular formula is C12H16BrN3O3. The number of nitrogens with zero attached hydrogens (tertiary/aromatic N) is 2. The molecule has 104 valence electrons. The average Bonchev–Trinajstić information content (AvgIpc) is 2.46. The van der Waals surface area contributed by atoms with Crippen LogP contribution in [0.4, 0.5) is 5.69 Å². The summed E-state index contributed by atoms with van der Waals surface area (Å²) in [5.74, 6) is 0.0717. The minimum absolute atomic E-state index is 0.0102. The SMILES string of the molecule is N/C(=N/O)c1ccc(N2CCOC(CO)C2)c(Br)c1. The molecule has 6 nitrogen and oxygen atoms in total. The number of nitrogens with two attached hydrogens (primary N) is 1. The van der Waals surface area contributed by atoms with E-state index in [4.69, 9.17) is 20.8 Å². The van der Waals surface area contributed by atoms with Crippen LogP contribution in [0.5, 0.6) is 0 Å². The van der Waals surface area contributed by atoms with Crippen molar-refractivity contribution in [3.05, 3.63) is 28.2 Å². The van der Waals surface area contributed by atoms with Gasteiger partial charge in [0, 0.05) is 23.1 Å². The summed E-state index contributed by atoms with van der Waals surface area (Å²) in [4.78, 5) is 2.13. The van der Waals surface area contributed by atoms with E-state index in [0.717, 1.165) is 16.7 Å². The Morgan fingerprint density at radius 2 is 2.37 bits per heavy atom. The molecule has 7 heteroatoms. The van der Waals surface area contributed by atoms with Gasteiger partial charge >= 0.3 is 0 Å². The van der Waals surface area contributed by atoms with Crippen LogP contribution in [0.15, 0.2) is 27.8 Å². The zero-order valence-electron chi connectivity index (χ0n) is 10.3. The molecule has 1 aromatic carbocycles. The Balaban J connectivity index is 2.21. The topological polar surface area (TPSA) is 91.3 Å². The van der Waals surface area contributed by atoms with Crippen molar-refractivity contribution < 1.29 is 15.1 Å². The van der Waals surface area contributed by atoms with E-state index < -0.39 is 0 Å². The maximum absolute atomic E-state index is 9.15. The molecule has 0 saturated carbocycles. The average molecular weight is 330 g/mol. The standard InChI is InChI=1S/C12H16BrN3O3/c13-10-5-8(12(14)15-18)1-2-11(10)16-3-4-19-9(6-16)7-17/h1-2,5,9,17-18H,3-4,6-7H2,(H2,14,15). The van der Waals surface area contributed by atoms with Crippen molar-refractivity contribution in [1.82, 2.24) is 0 Å². The number of aliphatic hydroxyl groups is 1. The highest BCUT2D eigenvalue weighted by atomic mass is 79.9. The molecule has 1 saturated heterocycles. The molecule has 0 amide bonds. The smallest absolute Gasteiger partial charge is 0.170 e. The van der Waals surface area contributed by atoms with Crippen LogP contribution < -0.4 is 10.6 Å². The van der Waals surface area contributed by atoms with Gasteiger partial charge in [0.05, 0.1) is 25.0 Å². The summed E-state index contributed by atoms with van der Waals surface area (Å²) in [6, 6.07) is 5.49. The highest BCUT2D eigenvalue weighted by molar-refractivity contribution is 9.10. The van der Waals surface area contributed by atoms with E-state index in [1.807, 2.05) is 6.07 Å². The van der Waals surface area contributed by atoms with Crippen LogP contribution in [0.2, 0.25) is 0 Å². The highest BCUT2D eigenvalue weighted by Gasteiger charge is 2.21. The van der Waals surface area contributed by atoms with Gasteiger partial charge in [0.15, 0.2) is 5.84 Å². The minimum Gasteiger partial charge on any atom is -0.409 e. The zero-order valence-corrected chi connectivity index (χ0v) is 11.9. The fourth-order valence-corrected chi connectivity index (χ4v) is 2.66. The second-order valence-electron chi connectivity index (χ2n) is 4.27. The van der Waals surface area contributed by atoms with Crippen molar-refractivity contribution >= 4 is 27.5 Å². The summed E-state index contributed by atoms with van der Waals surface area (Å²) in [7, 11) is 0. The number of morpholine rings is 1. The van der Waals surface area contributed by atoms with Gasteiger partial charge in [-0.3, -0.25) is 0 Å². The number of benzene rings is 1. The number of hydrogen-bond donors (Lipinski definition) is 3. The maximum Gasteiger partial charge on any atom is 0.170 e. The third-order valence-corrected chi connectivity index (χ3v) is 3.67. The Labute approximate surface area is 119 Å². The normalized spacial score (nSPS) is 20.6. The molecule has 0 spiro atoms. The third kappa shape index (κ3) is 3.17. The monoisotopic (exact) mass is 329 g/mol. The summed E-state index contributed by atoms with van der Waals surface area (Å²) >= 11 is 3.48. The van der Waals surface area contributed by atoms with E-state index in [2.05, 4.69) is 26.0 Å². The van der Waals surface area contributed by atoms with Crippen molar-refractivity contribution in [3.8, 4) is 0 Å². The lowest BCUT2D eigenvalue weighted by Crippen LogP contribution is -2.44. The summed E-state index contributed by atoms with van der Waals surface area (Å²) < 4.78 is 6.28. The Morgan fingerprint density at radius 1 is 1.58 bits per heavy atom. The molecule has 2 rings (SSSR count). The molecule has 1 heterocycles. The first-order valence-corrected chi connectivity index (χ1v) is 6.70. The van der Waals surface area contributed by atoms with Crippen molar-refractivity contribution in [2.75, 3.05) is 31.2 Å². The van der Waals surface area contributed by atoms with Gasteiger partial charge in [0.1, 0.15) is 0 Å². The van der Waals surface area contributed by atoms with E-state index in [9.17, 15) is 0 Å². The van der Waals surface area contributed by atoms with Crippen LogP contribution in [0, 0.1) is 0 Å². The van der Waals surface area contributed by atoms with Gasteiger partial charge in [-0.25, -0.2) is 0 Å². The second-order valence-corrected chi connectivity index (χ2v) is 5.13. The molecule has 0 bridgehead atoms. The number of halogens is 1. The first-order valence-electron chi connectivity index (χ1n) is 5.90. The molecular weight excluding hydrogens is 314 g/mol. The third-order valence-electron chi connectivity index (χ3n) is 3.03. The predicted molar refractivity (Wildman–Crippen MR) is 75.7 cm³/mol. The molecule has 19 heavy (non-hydrogen) atoms. The molecule has 1 aliphatic heterocycles. The quantitative estimate of drug-likeness (QED) is 0.329. The summed E-state index contributed by atoms with van der Waals surface area (Å²) in [6.45, 7) is 1.99. The lowest BCUT2D eigenvalue weighted by atomic mass is 10.1. The summed E-state index contributed by atoms with van der Waals surface area (Å²) in [5.41, 5.74) is 7.19. The fraction of sp³-hybridized carbons (Fsp3) is 0.417. The first kappa shape index (κ1) is 14.1. The van der Waals surface area contributed by atoms with Gasteiger partial charge in [-0.15, -0.1) is 0 Å². The van der Waals surface area contributed by atoms with Crippen LogP contribution in [-0.2, 0) is 4.74 Å². The highest BCUT2D eigenvalue weighted by Crippen LogP contribution is 2.28. The van der Waals surface area contributed by atoms with Crippen LogP contribution >= 0.6 is 15.9 Å². The van der Waals surface area contributed by atoms with E-state index in [1.165, 1.54) is 0 Å². The minimum atomic E-state index is -0.163. The molecule has 1 unspecified atom stereocenters. The van der Waals surface area contributed by atoms with Gasteiger partial charge in [-0.1, -0.05) is 5.16 Å². The van der Waals surface area contributed by atoms with E-state index >= 15 is 0 Å². The van der Waals surface area contributed by atoms with E-state index in [1.54, 1.807) is 12.1 Å². The maximum atomic E-state index is 9.15. The van der Waals surface area contributed by atoms with E-state index in [-0.39, 0.29) is 18.5 Å². The van der Waals surface area contributed by atoms with Crippen molar-refractivity contribution in [2.24, 2.45) is 10.9 Å². The largest absolute Gasteiger partial charge is 0.409 e. The Morgan fingerprint density at radius 3 is 3.00 bits per heavy atom. The molecule has 1 aromatic rings. The fourth-order valence-electron chi connectivity index (χ4n) is 2.03. The molecule has 1 atom stereocenters. The predicted octanol–water partition coefficient (Wildman–Crippen LogP) is 0.741. The number of amidine groups is 1. The van der Waals surface area contributed by atoms with Gasteiger partial charge < -0.3 is 25.7 Å². The van der Waals surface area contributed by atoms with Crippen molar-refractivity contribution in [1.29, 1.82) is 0 Å². The van der Waals surface area contributed by atoms with Crippen LogP contribution in [0.1, 0.15) is 5.56 Å². The molecule has 1 fully saturated rings. The van der Waals surface area contributed by atoms with Gasteiger partial charge in [-0.2, -0.15) is 0 Å². The second kappa shape index (κ2) is 6.23. The number of rotatable bonds is 3. The lowest BCUT2D eigenvalue weighted by molar-refractivity contribution is 0.00353. The molecule has 4 N–H and O–H groups in total. The van der Waals surface area contributed by atoms with Crippen LogP contribution in [-0.4, -0.2) is 48.6 Å². The lowest BCUT2D eigenvalue weighted by Gasteiger charge is -2.34. The van der Waals surface area contributed by atoms with Crippen molar-refractivity contribution in [3.63, 3.8) is 0 Å². The Hall–Kier alpha value is -1.31. The molecule has 0 radical (unpaired) electrons. The number of anilines is 1. The number of hydrogen-bond acceptors (Lipinski definition) is 5. The van der Waals surface area contributed by atoms with Crippen LogP contribution in [0.25, 0.3) is 0 Å². The van der Waals surface area contributed by atoms with Crippen molar-refractivity contribution in [2.45, 2.75) is 6.10 Å². The van der Waals surface area contributed by atoms with E-state index in [0.29, 0.717) is 18.7 Å². The van der Waals surface area contributed by atoms with Gasteiger partial charge in [0.25, 0.3) is 0 Å². The summed E-state index contributed by atoms with van der Waals surface area (Å²) in [6.07, 6.45) is -0.163. The van der Waals surface area contributed by atoms with Gasteiger partial charge in [-0.05, 0) is 34.1 Å². The Kier molecular flexibility index (Phi) is 4.62. The number of oxime groups is 1.